The van der Waals surface area contributed by atoms with Crippen LogP contribution in [-0.4, -0.2) is 50.0 Å². The monoisotopic (exact) mass is 333 g/mol. The molecule has 4 heterocycles. The molecule has 3 unspecified atom stereocenters. The van der Waals surface area contributed by atoms with Gasteiger partial charge in [0.1, 0.15) is 5.76 Å². The molecule has 3 aliphatic heterocycles. The summed E-state index contributed by atoms with van der Waals surface area (Å²) < 4.78 is 16.8. The van der Waals surface area contributed by atoms with Crippen LogP contribution in [0.3, 0.4) is 0 Å². The van der Waals surface area contributed by atoms with E-state index in [-0.39, 0.29) is 0 Å². The maximum Gasteiger partial charge on any atom is 0.191 e. The minimum absolute atomic E-state index is 0.349. The van der Waals surface area contributed by atoms with E-state index in [9.17, 15) is 0 Å². The first kappa shape index (κ1) is 16.0. The zero-order valence-electron chi connectivity index (χ0n) is 14.1. The lowest BCUT2D eigenvalue weighted by Gasteiger charge is -2.28. The lowest BCUT2D eigenvalue weighted by atomic mass is 9.96. The molecule has 1 aromatic rings. The molecule has 132 valence electrons. The van der Waals surface area contributed by atoms with E-state index in [0.29, 0.717) is 30.8 Å². The molecule has 3 atom stereocenters. The fourth-order valence-corrected chi connectivity index (χ4v) is 3.87. The number of ether oxygens (including phenoxy) is 2. The van der Waals surface area contributed by atoms with Gasteiger partial charge in [0, 0.05) is 32.2 Å². The third-order valence-electron chi connectivity index (χ3n) is 5.20. The number of hydrogen-bond acceptors (Lipinski definition) is 4. The van der Waals surface area contributed by atoms with E-state index >= 15 is 0 Å². The molecule has 0 radical (unpaired) electrons. The second kappa shape index (κ2) is 7.57. The Morgan fingerprint density at radius 1 is 1.17 bits per heavy atom. The van der Waals surface area contributed by atoms with Crippen LogP contribution in [0.15, 0.2) is 27.8 Å². The zero-order chi connectivity index (χ0) is 16.2. The van der Waals surface area contributed by atoms with Crippen molar-refractivity contribution in [3.63, 3.8) is 0 Å². The molecule has 1 aromatic heterocycles. The number of nitrogens with one attached hydrogen (secondary N) is 2. The van der Waals surface area contributed by atoms with Crippen molar-refractivity contribution < 1.29 is 13.9 Å². The van der Waals surface area contributed by atoms with Gasteiger partial charge in [-0.1, -0.05) is 0 Å². The van der Waals surface area contributed by atoms with Gasteiger partial charge in [-0.25, -0.2) is 0 Å². The first-order valence-corrected chi connectivity index (χ1v) is 9.20. The summed E-state index contributed by atoms with van der Waals surface area (Å²) in [7, 11) is 0. The molecule has 0 aliphatic carbocycles. The van der Waals surface area contributed by atoms with Crippen LogP contribution in [0.4, 0.5) is 0 Å². The van der Waals surface area contributed by atoms with Gasteiger partial charge in [-0.2, -0.15) is 0 Å². The summed E-state index contributed by atoms with van der Waals surface area (Å²) in [5.74, 6) is 1.89. The number of nitrogens with zero attached hydrogens (tertiary/aromatic N) is 1. The van der Waals surface area contributed by atoms with Crippen molar-refractivity contribution in [2.24, 2.45) is 4.99 Å². The molecule has 0 spiro atoms. The maximum atomic E-state index is 5.96. The molecule has 3 saturated heterocycles. The number of guanidine groups is 1. The van der Waals surface area contributed by atoms with Gasteiger partial charge in [-0.05, 0) is 44.2 Å². The van der Waals surface area contributed by atoms with Gasteiger partial charge in [-0.3, -0.25) is 4.99 Å². The zero-order valence-corrected chi connectivity index (χ0v) is 14.1. The van der Waals surface area contributed by atoms with Gasteiger partial charge < -0.3 is 24.5 Å². The van der Waals surface area contributed by atoms with E-state index in [1.165, 1.54) is 12.8 Å². The van der Waals surface area contributed by atoms with Crippen molar-refractivity contribution in [3.05, 3.63) is 24.2 Å². The average molecular weight is 333 g/mol. The predicted octanol–water partition coefficient (Wildman–Crippen LogP) is 1.86. The first-order valence-electron chi connectivity index (χ1n) is 9.20. The summed E-state index contributed by atoms with van der Waals surface area (Å²) >= 11 is 0. The molecule has 3 fully saturated rings. The average Bonchev–Trinajstić information content (AvgIpc) is 3.34. The highest BCUT2D eigenvalue weighted by atomic mass is 16.5. The third kappa shape index (κ3) is 3.92. The summed E-state index contributed by atoms with van der Waals surface area (Å²) in [6, 6.07) is 4.75. The Morgan fingerprint density at radius 2 is 2.08 bits per heavy atom. The molecule has 24 heavy (non-hydrogen) atoms. The van der Waals surface area contributed by atoms with Crippen molar-refractivity contribution in [1.82, 2.24) is 10.6 Å². The summed E-state index contributed by atoms with van der Waals surface area (Å²) in [6.45, 7) is 2.37. The fourth-order valence-electron chi connectivity index (χ4n) is 3.87. The van der Waals surface area contributed by atoms with Crippen LogP contribution in [0.1, 0.15) is 37.9 Å². The van der Waals surface area contributed by atoms with Crippen LogP contribution in [-0.2, 0) is 15.9 Å². The van der Waals surface area contributed by atoms with Crippen molar-refractivity contribution in [2.45, 2.75) is 62.8 Å². The SMILES string of the molecule is c1coc(CCN=C(NC2CCOCC2)NC2CC3CCC2O3)c1. The highest BCUT2D eigenvalue weighted by Gasteiger charge is 2.41. The summed E-state index contributed by atoms with van der Waals surface area (Å²) in [6.07, 6.45) is 8.86. The Hall–Kier alpha value is -1.53. The summed E-state index contributed by atoms with van der Waals surface area (Å²) in [4.78, 5) is 4.78. The molecular weight excluding hydrogens is 306 g/mol. The molecule has 0 amide bonds. The fraction of sp³-hybridized carbons (Fsp3) is 0.722. The molecule has 2 N–H and O–H groups in total. The number of rotatable bonds is 5. The van der Waals surface area contributed by atoms with Crippen LogP contribution < -0.4 is 10.6 Å². The Morgan fingerprint density at radius 3 is 2.79 bits per heavy atom. The predicted molar refractivity (Wildman–Crippen MR) is 91.1 cm³/mol. The second-order valence-electron chi connectivity index (χ2n) is 6.95. The van der Waals surface area contributed by atoms with E-state index < -0.39 is 0 Å². The van der Waals surface area contributed by atoms with Gasteiger partial charge in [-0.15, -0.1) is 0 Å². The molecule has 3 aliphatic rings. The van der Waals surface area contributed by atoms with Crippen LogP contribution in [0.2, 0.25) is 0 Å². The van der Waals surface area contributed by atoms with Crippen LogP contribution in [0, 0.1) is 0 Å². The Labute approximate surface area is 143 Å². The van der Waals surface area contributed by atoms with Crippen molar-refractivity contribution in [1.29, 1.82) is 0 Å². The largest absolute Gasteiger partial charge is 0.469 e. The van der Waals surface area contributed by atoms with Gasteiger partial charge >= 0.3 is 0 Å². The van der Waals surface area contributed by atoms with Gasteiger partial charge in [0.15, 0.2) is 5.96 Å². The van der Waals surface area contributed by atoms with Crippen molar-refractivity contribution >= 4 is 5.96 Å². The van der Waals surface area contributed by atoms with Crippen molar-refractivity contribution in [2.75, 3.05) is 19.8 Å². The topological polar surface area (TPSA) is 68.0 Å². The lowest BCUT2D eigenvalue weighted by Crippen LogP contribution is -2.51. The first-order chi connectivity index (χ1) is 11.9. The van der Waals surface area contributed by atoms with Crippen molar-refractivity contribution in [3.8, 4) is 0 Å². The minimum atomic E-state index is 0.349. The van der Waals surface area contributed by atoms with E-state index in [0.717, 1.165) is 50.6 Å². The Balaban J connectivity index is 1.35. The smallest absolute Gasteiger partial charge is 0.191 e. The Bertz CT molecular complexity index is 540. The molecule has 0 saturated carbocycles. The number of furan rings is 1. The standard InChI is InChI=1S/C18H27N3O3/c1-2-14(23-9-1)5-8-19-18(20-13-6-10-22-11-7-13)21-16-12-15-3-4-17(16)24-15/h1-2,9,13,15-17H,3-8,10-12H2,(H2,19,20,21). The Kier molecular flexibility index (Phi) is 5.04. The summed E-state index contributed by atoms with van der Waals surface area (Å²) in [5.41, 5.74) is 0. The van der Waals surface area contributed by atoms with E-state index in [1.807, 2.05) is 12.1 Å². The molecule has 0 aromatic carbocycles. The summed E-state index contributed by atoms with van der Waals surface area (Å²) in [5, 5.41) is 7.21. The van der Waals surface area contributed by atoms with E-state index in [4.69, 9.17) is 18.9 Å². The highest BCUT2D eigenvalue weighted by Crippen LogP contribution is 2.34. The van der Waals surface area contributed by atoms with Gasteiger partial charge in [0.2, 0.25) is 0 Å². The van der Waals surface area contributed by atoms with Crippen LogP contribution >= 0.6 is 0 Å². The van der Waals surface area contributed by atoms with E-state index in [1.54, 1.807) is 6.26 Å². The minimum Gasteiger partial charge on any atom is -0.469 e. The molecule has 4 rings (SSSR count). The highest BCUT2D eigenvalue weighted by molar-refractivity contribution is 5.80. The number of hydrogen-bond donors (Lipinski definition) is 2. The molecule has 6 heteroatoms. The third-order valence-corrected chi connectivity index (χ3v) is 5.20. The molecular formula is C18H27N3O3. The quantitative estimate of drug-likeness (QED) is 0.636. The van der Waals surface area contributed by atoms with Gasteiger partial charge in [0.05, 0.1) is 24.5 Å². The maximum absolute atomic E-state index is 5.96. The number of aliphatic imine (C=N–C) groups is 1. The molecule has 2 bridgehead atoms. The van der Waals surface area contributed by atoms with Gasteiger partial charge in [0.25, 0.3) is 0 Å². The normalized spacial score (nSPS) is 30.7. The molecule has 6 nitrogen and oxygen atoms in total. The van der Waals surface area contributed by atoms with E-state index in [2.05, 4.69) is 10.6 Å². The second-order valence-corrected chi connectivity index (χ2v) is 6.95. The van der Waals surface area contributed by atoms with Crippen LogP contribution in [0.5, 0.6) is 0 Å². The van der Waals surface area contributed by atoms with Crippen LogP contribution in [0.25, 0.3) is 0 Å². The number of fused-ring (bicyclic) bond motifs is 2. The lowest BCUT2D eigenvalue weighted by molar-refractivity contribution is 0.0818.